The molecule has 0 N–H and O–H groups in total. The Morgan fingerprint density at radius 1 is 0.837 bits per heavy atom. The summed E-state index contributed by atoms with van der Waals surface area (Å²) in [6, 6.07) is 4.38. The molecule has 14 heteroatoms. The Morgan fingerprint density at radius 3 is 2.18 bits per heavy atom. The number of ketones is 2. The van der Waals surface area contributed by atoms with E-state index in [0.717, 1.165) is 11.3 Å². The van der Waals surface area contributed by atoms with Gasteiger partial charge in [0.1, 0.15) is 17.2 Å². The maximum absolute atomic E-state index is 15.8. The van der Waals surface area contributed by atoms with Gasteiger partial charge >= 0.3 is 11.9 Å². The van der Waals surface area contributed by atoms with Crippen LogP contribution in [-0.2, 0) is 36.9 Å². The van der Waals surface area contributed by atoms with Crippen molar-refractivity contribution in [2.45, 2.75) is 78.5 Å². The molecule has 4 rings (SSSR count). The van der Waals surface area contributed by atoms with E-state index in [1.165, 1.54) is 37.3 Å². The third kappa shape index (κ3) is 8.91. The predicted molar refractivity (Wildman–Crippen MR) is 175 cm³/mol. The molecule has 1 aliphatic heterocycles. The smallest absolute Gasteiger partial charge is 0.306 e. The van der Waals surface area contributed by atoms with Gasteiger partial charge in [-0.2, -0.15) is 0 Å². The first-order valence-corrected chi connectivity index (χ1v) is 16.5. The summed E-state index contributed by atoms with van der Waals surface area (Å²) in [4.78, 5) is 64.1. The zero-order valence-corrected chi connectivity index (χ0v) is 29.1. The summed E-state index contributed by atoms with van der Waals surface area (Å²) in [7, 11) is 2.60. The highest BCUT2D eigenvalue weighted by molar-refractivity contribution is 7.20. The van der Waals surface area contributed by atoms with E-state index in [-0.39, 0.29) is 109 Å². The summed E-state index contributed by atoms with van der Waals surface area (Å²) in [5, 5.41) is 0.100. The van der Waals surface area contributed by atoms with Crippen LogP contribution >= 0.6 is 11.3 Å². The van der Waals surface area contributed by atoms with Crippen molar-refractivity contribution in [2.75, 3.05) is 27.4 Å². The molecule has 0 aliphatic carbocycles. The van der Waals surface area contributed by atoms with Crippen LogP contribution in [0.5, 0.6) is 17.2 Å². The number of carbonyl (C=O) groups is 5. The quantitative estimate of drug-likeness (QED) is 0.130. The van der Waals surface area contributed by atoms with Crippen LogP contribution in [-0.4, -0.2) is 67.3 Å². The molecule has 1 aliphatic rings. The highest BCUT2D eigenvalue weighted by atomic mass is 32.1. The van der Waals surface area contributed by atoms with E-state index in [0.29, 0.717) is 10.3 Å². The number of fused-ring (bicyclic) bond motifs is 2. The molecule has 0 unspecified atom stereocenters. The van der Waals surface area contributed by atoms with E-state index < -0.39 is 35.0 Å². The van der Waals surface area contributed by atoms with E-state index in [1.807, 2.05) is 0 Å². The first kappa shape index (κ1) is 37.2. The van der Waals surface area contributed by atoms with Gasteiger partial charge < -0.3 is 28.6 Å². The second-order valence-corrected chi connectivity index (χ2v) is 13.3. The Bertz CT molecular complexity index is 1780. The number of nitrogens with zero attached hydrogens (tertiary/aromatic N) is 1. The summed E-state index contributed by atoms with van der Waals surface area (Å²) in [6.07, 6.45) is -0.793. The van der Waals surface area contributed by atoms with Crippen LogP contribution in [0, 0.1) is 11.6 Å². The zero-order valence-electron chi connectivity index (χ0n) is 28.3. The van der Waals surface area contributed by atoms with Crippen LogP contribution in [0.1, 0.15) is 91.0 Å². The van der Waals surface area contributed by atoms with Gasteiger partial charge in [-0.05, 0) is 45.4 Å². The minimum absolute atomic E-state index is 0.0205. The number of amides is 1. The number of benzene rings is 2. The van der Waals surface area contributed by atoms with Crippen LogP contribution in [0.25, 0.3) is 10.1 Å². The Balaban J connectivity index is 1.44. The molecule has 3 aromatic rings. The molecule has 1 aromatic heterocycles. The lowest BCUT2D eigenvalue weighted by atomic mass is 9.99. The van der Waals surface area contributed by atoms with E-state index in [2.05, 4.69) is 0 Å². The van der Waals surface area contributed by atoms with Gasteiger partial charge in [0.25, 0.3) is 0 Å². The maximum Gasteiger partial charge on any atom is 0.306 e. The standard InChI is InChI=1S/C35H39F2NO10S/c1-7-46-29(42)10-8-22(39)27-15-20-26(49-27)16-25(45-6)34(33(20)37)47-13-12-23(40)31-24(44-5)14-19-17-38(18-21(19)32(31)36)28(41)9-11-30(43)48-35(2,3)4/h14-16H,7-13,17-18H2,1-6H3. The van der Waals surface area contributed by atoms with Crippen molar-refractivity contribution in [3.05, 3.63) is 51.4 Å². The molecule has 11 nitrogen and oxygen atoms in total. The van der Waals surface area contributed by atoms with Gasteiger partial charge in [0, 0.05) is 54.1 Å². The number of methoxy groups -OCH3 is 2. The zero-order chi connectivity index (χ0) is 36.0. The molecule has 264 valence electrons. The van der Waals surface area contributed by atoms with Gasteiger partial charge in [-0.3, -0.25) is 24.0 Å². The molecule has 0 spiro atoms. The first-order chi connectivity index (χ1) is 23.2. The molecule has 0 saturated carbocycles. The van der Waals surface area contributed by atoms with Crippen molar-refractivity contribution in [1.82, 2.24) is 4.90 Å². The summed E-state index contributed by atoms with van der Waals surface area (Å²) < 4.78 is 58.3. The molecule has 2 aromatic carbocycles. The van der Waals surface area contributed by atoms with E-state index in [1.54, 1.807) is 27.7 Å². The monoisotopic (exact) mass is 703 g/mol. The number of hydrogen-bond acceptors (Lipinski definition) is 11. The lowest BCUT2D eigenvalue weighted by molar-refractivity contribution is -0.156. The molecular formula is C35H39F2NO10S. The lowest BCUT2D eigenvalue weighted by Crippen LogP contribution is -2.28. The first-order valence-electron chi connectivity index (χ1n) is 15.7. The number of hydrogen-bond donors (Lipinski definition) is 0. The number of carbonyl (C=O) groups excluding carboxylic acids is 5. The highest BCUT2D eigenvalue weighted by Crippen LogP contribution is 2.41. The molecule has 0 radical (unpaired) electrons. The summed E-state index contributed by atoms with van der Waals surface area (Å²) in [6.45, 7) is 6.68. The number of halogens is 2. The fraction of sp³-hybridized carbons (Fsp3) is 0.457. The van der Waals surface area contributed by atoms with Gasteiger partial charge in [-0.15, -0.1) is 11.3 Å². The average Bonchev–Trinajstić information content (AvgIpc) is 3.68. The Kier molecular flexibility index (Phi) is 12.0. The molecule has 1 amide bonds. The molecule has 2 heterocycles. The van der Waals surface area contributed by atoms with Gasteiger partial charge in [-0.1, -0.05) is 0 Å². The van der Waals surface area contributed by atoms with Crippen molar-refractivity contribution in [1.29, 1.82) is 0 Å². The second kappa shape index (κ2) is 15.7. The molecule has 0 atom stereocenters. The Labute approximate surface area is 286 Å². The third-order valence-corrected chi connectivity index (χ3v) is 8.69. The number of rotatable bonds is 15. The minimum atomic E-state index is -0.828. The van der Waals surface area contributed by atoms with Crippen molar-refractivity contribution >= 4 is 50.8 Å². The van der Waals surface area contributed by atoms with Gasteiger partial charge in [0.15, 0.2) is 28.9 Å². The molecular weight excluding hydrogens is 664 g/mol. The summed E-state index contributed by atoms with van der Waals surface area (Å²) >= 11 is 1.04. The van der Waals surface area contributed by atoms with Crippen molar-refractivity contribution < 1.29 is 56.4 Å². The summed E-state index contributed by atoms with van der Waals surface area (Å²) in [5.74, 6) is -4.31. The SMILES string of the molecule is CCOC(=O)CCC(=O)c1cc2c(F)c(OCCC(=O)c3c(OC)cc4c(c3F)CN(C(=O)CCC(=O)OC(C)(C)C)C4)c(OC)cc2s1. The van der Waals surface area contributed by atoms with E-state index in [9.17, 15) is 24.0 Å². The number of Topliss-reactive ketones (excluding diaryl/α,β-unsaturated/α-hetero) is 2. The fourth-order valence-corrected chi connectivity index (χ4v) is 6.36. The van der Waals surface area contributed by atoms with Gasteiger partial charge in [-0.25, -0.2) is 8.78 Å². The maximum atomic E-state index is 15.8. The predicted octanol–water partition coefficient (Wildman–Crippen LogP) is 6.34. The van der Waals surface area contributed by atoms with Crippen LogP contribution in [0.4, 0.5) is 8.78 Å². The van der Waals surface area contributed by atoms with Crippen LogP contribution in [0.15, 0.2) is 18.2 Å². The number of esters is 2. The van der Waals surface area contributed by atoms with E-state index in [4.69, 9.17) is 23.7 Å². The van der Waals surface area contributed by atoms with Crippen molar-refractivity contribution in [2.24, 2.45) is 0 Å². The van der Waals surface area contributed by atoms with Crippen LogP contribution < -0.4 is 14.2 Å². The van der Waals surface area contributed by atoms with Gasteiger partial charge in [0.05, 0.1) is 50.7 Å². The number of thiophene rings is 1. The topological polar surface area (TPSA) is 135 Å². The lowest BCUT2D eigenvalue weighted by Gasteiger charge is -2.20. The highest BCUT2D eigenvalue weighted by Gasteiger charge is 2.32. The number of ether oxygens (including phenoxy) is 5. The Hall–Kier alpha value is -4.59. The normalized spacial score (nSPS) is 12.4. The molecule has 49 heavy (non-hydrogen) atoms. The second-order valence-electron chi connectivity index (χ2n) is 12.2. The molecule has 0 bridgehead atoms. The largest absolute Gasteiger partial charge is 0.496 e. The fourth-order valence-electron chi connectivity index (χ4n) is 5.30. The molecule has 0 saturated heterocycles. The minimum Gasteiger partial charge on any atom is -0.496 e. The van der Waals surface area contributed by atoms with Crippen molar-refractivity contribution in [3.63, 3.8) is 0 Å². The third-order valence-electron chi connectivity index (χ3n) is 7.56. The summed E-state index contributed by atoms with van der Waals surface area (Å²) in [5.41, 5.74) is -0.365. The Morgan fingerprint density at radius 2 is 1.53 bits per heavy atom. The average molecular weight is 704 g/mol. The van der Waals surface area contributed by atoms with Gasteiger partial charge in [0.2, 0.25) is 5.91 Å². The van der Waals surface area contributed by atoms with Crippen LogP contribution in [0.2, 0.25) is 0 Å². The van der Waals surface area contributed by atoms with E-state index >= 15 is 8.78 Å². The molecule has 0 fully saturated rings. The van der Waals surface area contributed by atoms with Crippen LogP contribution in [0.3, 0.4) is 0 Å². The van der Waals surface area contributed by atoms with Crippen molar-refractivity contribution in [3.8, 4) is 17.2 Å².